The maximum atomic E-state index is 12.0. The highest BCUT2D eigenvalue weighted by molar-refractivity contribution is 6.04. The van der Waals surface area contributed by atoms with Gasteiger partial charge in [-0.2, -0.15) is 4.98 Å². The Morgan fingerprint density at radius 3 is 2.80 bits per heavy atom. The molecule has 0 bridgehead atoms. The molecule has 3 aromatic rings. The zero-order chi connectivity index (χ0) is 17.6. The minimum atomic E-state index is -0.541. The number of fused-ring (bicyclic) bond motifs is 1. The van der Waals surface area contributed by atoms with Crippen molar-refractivity contribution in [2.24, 2.45) is 0 Å². The van der Waals surface area contributed by atoms with Crippen LogP contribution >= 0.6 is 0 Å². The van der Waals surface area contributed by atoms with Crippen molar-refractivity contribution in [1.82, 2.24) is 15.1 Å². The van der Waals surface area contributed by atoms with Crippen molar-refractivity contribution in [3.05, 3.63) is 47.4 Å². The van der Waals surface area contributed by atoms with Crippen LogP contribution < -0.4 is 5.32 Å². The summed E-state index contributed by atoms with van der Waals surface area (Å²) < 4.78 is 10.2. The van der Waals surface area contributed by atoms with Gasteiger partial charge in [0.15, 0.2) is 0 Å². The maximum Gasteiger partial charge on any atom is 0.361 e. The number of nitrogens with one attached hydrogen (secondary N) is 1. The van der Waals surface area contributed by atoms with Gasteiger partial charge < -0.3 is 14.6 Å². The molecule has 7 nitrogen and oxygen atoms in total. The second kappa shape index (κ2) is 7.74. The maximum absolute atomic E-state index is 12.0. The molecule has 2 aromatic heterocycles. The number of carbonyl (C=O) groups is 1. The molecular weight excluding hydrogens is 320 g/mol. The molecule has 0 saturated carbocycles. The summed E-state index contributed by atoms with van der Waals surface area (Å²) in [4.78, 5) is 20.6. The van der Waals surface area contributed by atoms with Gasteiger partial charge in [0, 0.05) is 6.54 Å². The van der Waals surface area contributed by atoms with Gasteiger partial charge in [-0.25, -0.2) is 9.78 Å². The van der Waals surface area contributed by atoms with E-state index < -0.39 is 5.97 Å². The van der Waals surface area contributed by atoms with Crippen LogP contribution in [0.4, 0.5) is 5.82 Å². The van der Waals surface area contributed by atoms with Gasteiger partial charge in [-0.1, -0.05) is 35.5 Å². The lowest BCUT2D eigenvalue weighted by Gasteiger charge is -2.08. The summed E-state index contributed by atoms with van der Waals surface area (Å²) >= 11 is 0. The second-order valence-electron chi connectivity index (χ2n) is 5.57. The SMILES string of the molecule is CCOC(=O)c1noc2nc(C)nc(NCCCc3ccccc3)c12. The molecule has 1 N–H and O–H groups in total. The largest absolute Gasteiger partial charge is 0.461 e. The Morgan fingerprint density at radius 2 is 2.04 bits per heavy atom. The van der Waals surface area contributed by atoms with Gasteiger partial charge in [-0.3, -0.25) is 0 Å². The summed E-state index contributed by atoms with van der Waals surface area (Å²) in [5.74, 6) is 0.547. The molecule has 130 valence electrons. The molecule has 1 aromatic carbocycles. The van der Waals surface area contributed by atoms with Crippen LogP contribution in [-0.4, -0.2) is 34.2 Å². The van der Waals surface area contributed by atoms with Gasteiger partial charge in [0.2, 0.25) is 5.69 Å². The number of rotatable bonds is 7. The molecule has 0 amide bonds. The highest BCUT2D eigenvalue weighted by Gasteiger charge is 2.22. The van der Waals surface area contributed by atoms with Crippen molar-refractivity contribution in [3.8, 4) is 0 Å². The fourth-order valence-electron chi connectivity index (χ4n) is 2.57. The van der Waals surface area contributed by atoms with Gasteiger partial charge in [-0.05, 0) is 32.3 Å². The molecule has 3 rings (SSSR count). The van der Waals surface area contributed by atoms with E-state index in [2.05, 4.69) is 32.6 Å². The molecule has 0 atom stereocenters. The van der Waals surface area contributed by atoms with Crippen LogP contribution in [0.5, 0.6) is 0 Å². The molecule has 25 heavy (non-hydrogen) atoms. The lowest BCUT2D eigenvalue weighted by molar-refractivity contribution is 0.0517. The van der Waals surface area contributed by atoms with Gasteiger partial charge in [0.25, 0.3) is 5.71 Å². The molecule has 0 spiro atoms. The van der Waals surface area contributed by atoms with Crippen molar-refractivity contribution in [2.75, 3.05) is 18.5 Å². The average Bonchev–Trinajstić information content (AvgIpc) is 3.03. The first kappa shape index (κ1) is 16.9. The van der Waals surface area contributed by atoms with Gasteiger partial charge in [-0.15, -0.1) is 0 Å². The van der Waals surface area contributed by atoms with Crippen molar-refractivity contribution in [2.45, 2.75) is 26.7 Å². The molecule has 7 heteroatoms. The summed E-state index contributed by atoms with van der Waals surface area (Å²) in [7, 11) is 0. The van der Waals surface area contributed by atoms with E-state index >= 15 is 0 Å². The number of benzene rings is 1. The van der Waals surface area contributed by atoms with E-state index in [0.29, 0.717) is 23.6 Å². The molecule has 0 radical (unpaired) electrons. The van der Waals surface area contributed by atoms with Gasteiger partial charge in [0.1, 0.15) is 17.0 Å². The van der Waals surface area contributed by atoms with Crippen LogP contribution in [0.3, 0.4) is 0 Å². The van der Waals surface area contributed by atoms with E-state index in [4.69, 9.17) is 9.26 Å². The first-order valence-electron chi connectivity index (χ1n) is 8.28. The Labute approximate surface area is 145 Å². The highest BCUT2D eigenvalue weighted by Crippen LogP contribution is 2.25. The minimum absolute atomic E-state index is 0.0995. The Kier molecular flexibility index (Phi) is 5.23. The van der Waals surface area contributed by atoms with Crippen molar-refractivity contribution in [1.29, 1.82) is 0 Å². The molecule has 0 unspecified atom stereocenters. The third-order valence-corrected chi connectivity index (χ3v) is 3.69. The first-order chi connectivity index (χ1) is 12.2. The zero-order valence-corrected chi connectivity index (χ0v) is 14.3. The lowest BCUT2D eigenvalue weighted by Crippen LogP contribution is -2.10. The van der Waals surface area contributed by atoms with Crippen LogP contribution in [0.2, 0.25) is 0 Å². The quantitative estimate of drug-likeness (QED) is 0.522. The van der Waals surface area contributed by atoms with E-state index in [9.17, 15) is 4.79 Å². The number of hydrogen-bond donors (Lipinski definition) is 1. The Morgan fingerprint density at radius 1 is 1.24 bits per heavy atom. The van der Waals surface area contributed by atoms with Crippen molar-refractivity contribution in [3.63, 3.8) is 0 Å². The summed E-state index contributed by atoms with van der Waals surface area (Å²) in [6.45, 7) is 4.47. The smallest absolute Gasteiger partial charge is 0.361 e. The predicted octanol–water partition coefficient (Wildman–Crippen LogP) is 3.15. The van der Waals surface area contributed by atoms with E-state index in [1.54, 1.807) is 13.8 Å². The summed E-state index contributed by atoms with van der Waals surface area (Å²) in [5, 5.41) is 7.52. The van der Waals surface area contributed by atoms with E-state index in [0.717, 1.165) is 12.8 Å². The lowest BCUT2D eigenvalue weighted by atomic mass is 10.1. The Hall–Kier alpha value is -2.96. The predicted molar refractivity (Wildman–Crippen MR) is 93.5 cm³/mol. The van der Waals surface area contributed by atoms with Crippen molar-refractivity contribution < 1.29 is 14.1 Å². The molecule has 0 aliphatic carbocycles. The molecule has 0 saturated heterocycles. The molecule has 0 fully saturated rings. The van der Waals surface area contributed by atoms with Crippen molar-refractivity contribution >= 4 is 22.9 Å². The summed E-state index contributed by atoms with van der Waals surface area (Å²) in [5.41, 5.74) is 1.66. The monoisotopic (exact) mass is 340 g/mol. The Balaban J connectivity index is 1.75. The van der Waals surface area contributed by atoms with E-state index in [1.807, 2.05) is 18.2 Å². The second-order valence-corrected chi connectivity index (χ2v) is 5.57. The van der Waals surface area contributed by atoms with E-state index in [1.165, 1.54) is 5.56 Å². The number of aryl methyl sites for hydroxylation is 2. The zero-order valence-electron chi connectivity index (χ0n) is 14.3. The number of carbonyl (C=O) groups excluding carboxylic acids is 1. The molecule has 0 aliphatic heterocycles. The fraction of sp³-hybridized carbons (Fsp3) is 0.333. The highest BCUT2D eigenvalue weighted by atomic mass is 16.5. The fourth-order valence-corrected chi connectivity index (χ4v) is 2.57. The number of ether oxygens (including phenoxy) is 1. The number of hydrogen-bond acceptors (Lipinski definition) is 7. The molecule has 0 aliphatic rings. The van der Waals surface area contributed by atoms with Crippen LogP contribution in [-0.2, 0) is 11.2 Å². The normalized spacial score (nSPS) is 10.8. The summed E-state index contributed by atoms with van der Waals surface area (Å²) in [6, 6.07) is 10.3. The number of anilines is 1. The van der Waals surface area contributed by atoms with Crippen LogP contribution in [0.15, 0.2) is 34.9 Å². The minimum Gasteiger partial charge on any atom is -0.461 e. The number of aromatic nitrogens is 3. The third-order valence-electron chi connectivity index (χ3n) is 3.69. The van der Waals surface area contributed by atoms with Gasteiger partial charge in [0.05, 0.1) is 6.61 Å². The van der Waals surface area contributed by atoms with Crippen LogP contribution in [0.25, 0.3) is 11.1 Å². The standard InChI is InChI=1S/C18H20N4O3/c1-3-24-18(23)15-14-16(20-12(2)21-17(14)25-22-15)19-11-7-10-13-8-5-4-6-9-13/h4-6,8-9H,3,7,10-11H2,1-2H3,(H,19,20,21). The molecular formula is C18H20N4O3. The average molecular weight is 340 g/mol. The Bertz CT molecular complexity index is 861. The topological polar surface area (TPSA) is 90.1 Å². The first-order valence-corrected chi connectivity index (χ1v) is 8.28. The number of nitrogens with zero attached hydrogens (tertiary/aromatic N) is 3. The third kappa shape index (κ3) is 3.93. The van der Waals surface area contributed by atoms with Crippen LogP contribution in [0.1, 0.15) is 35.2 Å². The molecule has 2 heterocycles. The van der Waals surface area contributed by atoms with Crippen LogP contribution in [0, 0.1) is 6.92 Å². The summed E-state index contributed by atoms with van der Waals surface area (Å²) in [6.07, 6.45) is 1.88. The van der Waals surface area contributed by atoms with Gasteiger partial charge >= 0.3 is 5.97 Å². The van der Waals surface area contributed by atoms with E-state index in [-0.39, 0.29) is 18.0 Å². The number of esters is 1.